The molecular formula is C16H22F3N. The Bertz CT molecular complexity index is 447. The van der Waals surface area contributed by atoms with Gasteiger partial charge in [0.2, 0.25) is 0 Å². The first kappa shape index (κ1) is 15.4. The lowest BCUT2D eigenvalue weighted by atomic mass is 9.73. The Balaban J connectivity index is 2.37. The summed E-state index contributed by atoms with van der Waals surface area (Å²) in [5.41, 5.74) is 0.296. The van der Waals surface area contributed by atoms with E-state index in [1.165, 1.54) is 25.0 Å². The molecule has 0 bridgehead atoms. The summed E-state index contributed by atoms with van der Waals surface area (Å²) in [4.78, 5) is 0. The number of halogens is 3. The van der Waals surface area contributed by atoms with E-state index >= 15 is 0 Å². The van der Waals surface area contributed by atoms with E-state index in [2.05, 4.69) is 12.2 Å². The normalized spacial score (nSPS) is 20.1. The first-order chi connectivity index (χ1) is 9.43. The number of hydrogen-bond donors (Lipinski definition) is 1. The first-order valence-electron chi connectivity index (χ1n) is 7.27. The van der Waals surface area contributed by atoms with Crippen LogP contribution < -0.4 is 5.32 Å². The highest BCUT2D eigenvalue weighted by atomic mass is 19.4. The Morgan fingerprint density at radius 1 is 1.25 bits per heavy atom. The van der Waals surface area contributed by atoms with Gasteiger partial charge in [0.25, 0.3) is 0 Å². The maximum atomic E-state index is 12.9. The SMILES string of the molecule is CCC1(C(NC)c2cccc(C(F)(F)F)c2)CCCC1. The van der Waals surface area contributed by atoms with E-state index in [0.29, 0.717) is 0 Å². The molecule has 0 amide bonds. The minimum Gasteiger partial charge on any atom is -0.313 e. The average molecular weight is 285 g/mol. The number of rotatable bonds is 4. The van der Waals surface area contributed by atoms with Crippen LogP contribution in [0.3, 0.4) is 0 Å². The van der Waals surface area contributed by atoms with Crippen molar-refractivity contribution in [2.75, 3.05) is 7.05 Å². The molecule has 1 aliphatic carbocycles. The smallest absolute Gasteiger partial charge is 0.313 e. The summed E-state index contributed by atoms with van der Waals surface area (Å²) in [6.07, 6.45) is 1.24. The second-order valence-corrected chi connectivity index (χ2v) is 5.77. The second kappa shape index (κ2) is 5.76. The highest BCUT2D eigenvalue weighted by Gasteiger charge is 2.40. The maximum absolute atomic E-state index is 12.9. The molecule has 1 nitrogen and oxygen atoms in total. The van der Waals surface area contributed by atoms with Crippen molar-refractivity contribution in [1.29, 1.82) is 0 Å². The summed E-state index contributed by atoms with van der Waals surface area (Å²) in [6, 6.07) is 5.77. The molecule has 1 aromatic carbocycles. The van der Waals surface area contributed by atoms with Crippen molar-refractivity contribution in [3.8, 4) is 0 Å². The molecule has 1 atom stereocenters. The zero-order valence-corrected chi connectivity index (χ0v) is 12.1. The molecule has 0 saturated heterocycles. The molecule has 0 aliphatic heterocycles. The van der Waals surface area contributed by atoms with E-state index in [-0.39, 0.29) is 11.5 Å². The predicted octanol–water partition coefficient (Wildman–Crippen LogP) is 4.94. The average Bonchev–Trinajstić information content (AvgIpc) is 2.89. The van der Waals surface area contributed by atoms with Crippen LogP contribution in [0.2, 0.25) is 0 Å². The van der Waals surface area contributed by atoms with Crippen LogP contribution in [-0.2, 0) is 6.18 Å². The van der Waals surface area contributed by atoms with Gasteiger partial charge in [-0.1, -0.05) is 31.9 Å². The largest absolute Gasteiger partial charge is 0.416 e. The molecule has 0 radical (unpaired) electrons. The third-order valence-electron chi connectivity index (χ3n) is 4.75. The molecule has 0 aromatic heterocycles. The standard InChI is InChI=1S/C16H22F3N/c1-3-15(9-4-5-10-15)14(20-2)12-7-6-8-13(11-12)16(17,18)19/h6-8,11,14,20H,3-5,9-10H2,1-2H3. The third kappa shape index (κ3) is 2.85. The van der Waals surface area contributed by atoms with Crippen LogP contribution >= 0.6 is 0 Å². The molecule has 0 heterocycles. The van der Waals surface area contributed by atoms with E-state index in [9.17, 15) is 13.2 Å². The van der Waals surface area contributed by atoms with E-state index in [1.807, 2.05) is 13.1 Å². The summed E-state index contributed by atoms with van der Waals surface area (Å²) in [7, 11) is 1.85. The number of hydrogen-bond acceptors (Lipinski definition) is 1. The zero-order valence-electron chi connectivity index (χ0n) is 12.1. The van der Waals surface area contributed by atoms with Crippen molar-refractivity contribution >= 4 is 0 Å². The third-order valence-corrected chi connectivity index (χ3v) is 4.75. The van der Waals surface area contributed by atoms with Crippen molar-refractivity contribution in [1.82, 2.24) is 5.32 Å². The predicted molar refractivity (Wildman–Crippen MR) is 74.4 cm³/mol. The van der Waals surface area contributed by atoms with Gasteiger partial charge in [0.1, 0.15) is 0 Å². The summed E-state index contributed by atoms with van der Waals surface area (Å²) in [5, 5.41) is 3.26. The van der Waals surface area contributed by atoms with Gasteiger partial charge >= 0.3 is 6.18 Å². The summed E-state index contributed by atoms with van der Waals surface area (Å²) in [6.45, 7) is 2.14. The van der Waals surface area contributed by atoms with E-state index in [4.69, 9.17) is 0 Å². The maximum Gasteiger partial charge on any atom is 0.416 e. The summed E-state index contributed by atoms with van der Waals surface area (Å²) >= 11 is 0. The molecular weight excluding hydrogens is 263 g/mol. The molecule has 0 spiro atoms. The van der Waals surface area contributed by atoms with Gasteiger partial charge in [-0.05, 0) is 49.4 Å². The van der Waals surface area contributed by atoms with Crippen molar-refractivity contribution < 1.29 is 13.2 Å². The van der Waals surface area contributed by atoms with Crippen LogP contribution in [0.1, 0.15) is 56.2 Å². The molecule has 2 rings (SSSR count). The quantitative estimate of drug-likeness (QED) is 0.826. The van der Waals surface area contributed by atoms with Gasteiger partial charge in [0, 0.05) is 6.04 Å². The van der Waals surface area contributed by atoms with E-state index < -0.39 is 11.7 Å². The van der Waals surface area contributed by atoms with Crippen LogP contribution in [0.25, 0.3) is 0 Å². The van der Waals surface area contributed by atoms with Crippen LogP contribution in [0.5, 0.6) is 0 Å². The monoisotopic (exact) mass is 285 g/mol. The molecule has 1 fully saturated rings. The Morgan fingerprint density at radius 2 is 1.90 bits per heavy atom. The van der Waals surface area contributed by atoms with Crippen LogP contribution in [0, 0.1) is 5.41 Å². The lowest BCUT2D eigenvalue weighted by molar-refractivity contribution is -0.137. The van der Waals surface area contributed by atoms with Gasteiger partial charge in [-0.25, -0.2) is 0 Å². The summed E-state index contributed by atoms with van der Waals surface area (Å²) < 4.78 is 38.6. The van der Waals surface area contributed by atoms with Gasteiger partial charge in [-0.2, -0.15) is 13.2 Å². The Labute approximate surface area is 118 Å². The highest BCUT2D eigenvalue weighted by Crippen LogP contribution is 2.50. The molecule has 4 heteroatoms. The highest BCUT2D eigenvalue weighted by molar-refractivity contribution is 5.29. The van der Waals surface area contributed by atoms with Crippen molar-refractivity contribution in [2.45, 2.75) is 51.2 Å². The fraction of sp³-hybridized carbons (Fsp3) is 0.625. The van der Waals surface area contributed by atoms with Gasteiger partial charge in [-0.3, -0.25) is 0 Å². The van der Waals surface area contributed by atoms with E-state index in [0.717, 1.165) is 30.9 Å². The Hall–Kier alpha value is -1.03. The molecule has 1 aromatic rings. The molecule has 1 unspecified atom stereocenters. The number of benzene rings is 1. The lowest BCUT2D eigenvalue weighted by Gasteiger charge is -2.37. The van der Waals surface area contributed by atoms with Crippen LogP contribution in [0.15, 0.2) is 24.3 Å². The van der Waals surface area contributed by atoms with Crippen molar-refractivity contribution in [3.05, 3.63) is 35.4 Å². The van der Waals surface area contributed by atoms with Crippen LogP contribution in [-0.4, -0.2) is 7.05 Å². The van der Waals surface area contributed by atoms with Gasteiger partial charge < -0.3 is 5.32 Å². The lowest BCUT2D eigenvalue weighted by Crippen LogP contribution is -2.34. The number of alkyl halides is 3. The van der Waals surface area contributed by atoms with Crippen LogP contribution in [0.4, 0.5) is 13.2 Å². The topological polar surface area (TPSA) is 12.0 Å². The molecule has 20 heavy (non-hydrogen) atoms. The minimum atomic E-state index is -4.27. The molecule has 112 valence electrons. The van der Waals surface area contributed by atoms with Gasteiger partial charge in [0.05, 0.1) is 5.56 Å². The fourth-order valence-electron chi connectivity index (χ4n) is 3.65. The van der Waals surface area contributed by atoms with Gasteiger partial charge in [-0.15, -0.1) is 0 Å². The zero-order chi connectivity index (χ0) is 14.8. The second-order valence-electron chi connectivity index (χ2n) is 5.77. The Kier molecular flexibility index (Phi) is 4.43. The molecule has 1 N–H and O–H groups in total. The minimum absolute atomic E-state index is 0.00250. The van der Waals surface area contributed by atoms with E-state index in [1.54, 1.807) is 0 Å². The molecule has 1 aliphatic rings. The fourth-order valence-corrected chi connectivity index (χ4v) is 3.65. The summed E-state index contributed by atoms with van der Waals surface area (Å²) in [5.74, 6) is 0. The first-order valence-corrected chi connectivity index (χ1v) is 7.27. The number of nitrogens with one attached hydrogen (secondary N) is 1. The Morgan fingerprint density at radius 3 is 2.40 bits per heavy atom. The molecule has 1 saturated carbocycles. The van der Waals surface area contributed by atoms with Crippen molar-refractivity contribution in [2.24, 2.45) is 5.41 Å². The van der Waals surface area contributed by atoms with Gasteiger partial charge in [0.15, 0.2) is 0 Å². The van der Waals surface area contributed by atoms with Crippen molar-refractivity contribution in [3.63, 3.8) is 0 Å².